The van der Waals surface area contributed by atoms with Crippen molar-refractivity contribution >= 4 is 6.16 Å². The van der Waals surface area contributed by atoms with Gasteiger partial charge in [0.15, 0.2) is 0 Å². The monoisotopic (exact) mass is 152 g/mol. The fourth-order valence-corrected chi connectivity index (χ4v) is 0.832. The summed E-state index contributed by atoms with van der Waals surface area (Å²) in [6.07, 6.45) is -3.23. The lowest BCUT2D eigenvalue weighted by Crippen LogP contribution is -2.42. The van der Waals surface area contributed by atoms with Crippen LogP contribution in [0.25, 0.3) is 0 Å². The quantitative estimate of drug-likeness (QED) is 0.579. The van der Waals surface area contributed by atoms with Gasteiger partial charge in [0.1, 0.15) is 6.10 Å². The van der Waals surface area contributed by atoms with Crippen LogP contribution in [0.2, 0.25) is 0 Å². The highest BCUT2D eigenvalue weighted by atomic mass is 19.3. The topological polar surface area (TPSA) is 46.5 Å². The SMILES string of the molecule is O=C(O)OC1CC(F)(F)C1. The summed E-state index contributed by atoms with van der Waals surface area (Å²) in [4.78, 5) is 9.75. The number of alkyl halides is 2. The van der Waals surface area contributed by atoms with Gasteiger partial charge in [0.2, 0.25) is 0 Å². The van der Waals surface area contributed by atoms with Crippen molar-refractivity contribution in [3.05, 3.63) is 0 Å². The summed E-state index contributed by atoms with van der Waals surface area (Å²) in [7, 11) is 0. The molecule has 0 saturated heterocycles. The van der Waals surface area contributed by atoms with Gasteiger partial charge in [-0.1, -0.05) is 0 Å². The van der Waals surface area contributed by atoms with Crippen molar-refractivity contribution in [3.63, 3.8) is 0 Å². The molecule has 1 aliphatic rings. The molecule has 10 heavy (non-hydrogen) atoms. The number of carboxylic acid groups (broad SMARTS) is 1. The average molecular weight is 152 g/mol. The van der Waals surface area contributed by atoms with Crippen molar-refractivity contribution in [1.29, 1.82) is 0 Å². The fourth-order valence-electron chi connectivity index (χ4n) is 0.832. The van der Waals surface area contributed by atoms with Crippen molar-refractivity contribution in [2.24, 2.45) is 0 Å². The Morgan fingerprint density at radius 3 is 2.40 bits per heavy atom. The Morgan fingerprint density at radius 2 is 2.10 bits per heavy atom. The maximum atomic E-state index is 12.0. The zero-order chi connectivity index (χ0) is 7.78. The standard InChI is InChI=1S/C5H6F2O3/c6-5(7)1-3(2-5)10-4(8)9/h3H,1-2H2,(H,8,9). The van der Waals surface area contributed by atoms with E-state index in [1.54, 1.807) is 0 Å². The van der Waals surface area contributed by atoms with Gasteiger partial charge < -0.3 is 9.84 Å². The van der Waals surface area contributed by atoms with Crippen LogP contribution in [-0.4, -0.2) is 23.3 Å². The second-order valence-electron chi connectivity index (χ2n) is 2.27. The van der Waals surface area contributed by atoms with Crippen molar-refractivity contribution < 1.29 is 23.4 Å². The second kappa shape index (κ2) is 2.07. The predicted molar refractivity (Wildman–Crippen MR) is 27.1 cm³/mol. The van der Waals surface area contributed by atoms with Gasteiger partial charge in [0.05, 0.1) is 0 Å². The molecule has 1 N–H and O–H groups in total. The van der Waals surface area contributed by atoms with Gasteiger partial charge in [-0.25, -0.2) is 13.6 Å². The maximum absolute atomic E-state index is 12.0. The molecule has 1 saturated carbocycles. The number of ether oxygens (including phenoxy) is 1. The molecule has 0 aromatic rings. The molecule has 58 valence electrons. The lowest BCUT2D eigenvalue weighted by molar-refractivity contribution is -0.149. The molecule has 0 amide bonds. The normalized spacial score (nSPS) is 23.4. The van der Waals surface area contributed by atoms with Gasteiger partial charge in [-0.3, -0.25) is 0 Å². The van der Waals surface area contributed by atoms with Crippen molar-refractivity contribution in [3.8, 4) is 0 Å². The molecule has 0 atom stereocenters. The van der Waals surface area contributed by atoms with Gasteiger partial charge >= 0.3 is 6.16 Å². The minimum absolute atomic E-state index is 0.473. The van der Waals surface area contributed by atoms with Crippen molar-refractivity contribution in [2.45, 2.75) is 24.9 Å². The molecule has 0 unspecified atom stereocenters. The Bertz CT molecular complexity index is 149. The van der Waals surface area contributed by atoms with E-state index in [1.165, 1.54) is 0 Å². The predicted octanol–water partition coefficient (Wildman–Crippen LogP) is 1.48. The van der Waals surface area contributed by atoms with Gasteiger partial charge in [0, 0.05) is 12.8 Å². The summed E-state index contributed by atoms with van der Waals surface area (Å²) in [6.45, 7) is 0. The van der Waals surface area contributed by atoms with Gasteiger partial charge in [-0.05, 0) is 0 Å². The third-order valence-electron chi connectivity index (χ3n) is 1.32. The molecule has 1 fully saturated rings. The first-order chi connectivity index (χ1) is 4.49. The highest BCUT2D eigenvalue weighted by molar-refractivity contribution is 5.57. The van der Waals surface area contributed by atoms with Crippen LogP contribution in [0.1, 0.15) is 12.8 Å². The third-order valence-corrected chi connectivity index (χ3v) is 1.32. The van der Waals surface area contributed by atoms with Crippen LogP contribution in [0, 0.1) is 0 Å². The number of carbonyl (C=O) groups is 1. The molecule has 0 radical (unpaired) electrons. The Balaban J connectivity index is 2.21. The van der Waals surface area contributed by atoms with E-state index in [0.29, 0.717) is 0 Å². The van der Waals surface area contributed by atoms with E-state index in [4.69, 9.17) is 5.11 Å². The molecule has 1 rings (SSSR count). The number of hydrogen-bond donors (Lipinski definition) is 1. The van der Waals surface area contributed by atoms with Crippen molar-refractivity contribution in [2.75, 3.05) is 0 Å². The van der Waals surface area contributed by atoms with E-state index in [0.717, 1.165) is 0 Å². The van der Waals surface area contributed by atoms with Crippen molar-refractivity contribution in [1.82, 2.24) is 0 Å². The molecule has 1 aliphatic carbocycles. The Hall–Kier alpha value is -0.870. The zero-order valence-electron chi connectivity index (χ0n) is 5.01. The lowest BCUT2D eigenvalue weighted by atomic mass is 9.91. The van der Waals surface area contributed by atoms with E-state index in [-0.39, 0.29) is 0 Å². The second-order valence-corrected chi connectivity index (χ2v) is 2.27. The molecular weight excluding hydrogens is 146 g/mol. The summed E-state index contributed by atoms with van der Waals surface area (Å²) in [6, 6.07) is 0. The summed E-state index contributed by atoms with van der Waals surface area (Å²) in [5, 5.41) is 7.95. The highest BCUT2D eigenvalue weighted by Crippen LogP contribution is 2.39. The number of rotatable bonds is 1. The Labute approximate surface area is 55.6 Å². The first-order valence-electron chi connectivity index (χ1n) is 2.77. The van der Waals surface area contributed by atoms with Crippen LogP contribution in [0.4, 0.5) is 13.6 Å². The average Bonchev–Trinajstić information content (AvgIpc) is 1.57. The zero-order valence-corrected chi connectivity index (χ0v) is 5.01. The third kappa shape index (κ3) is 1.55. The molecule has 0 aromatic carbocycles. The number of halogens is 2. The first-order valence-corrected chi connectivity index (χ1v) is 2.77. The molecule has 0 bridgehead atoms. The Kier molecular flexibility index (Phi) is 1.50. The largest absolute Gasteiger partial charge is 0.506 e. The minimum Gasteiger partial charge on any atom is -0.450 e. The van der Waals surface area contributed by atoms with Crippen LogP contribution in [0.15, 0.2) is 0 Å². The van der Waals surface area contributed by atoms with E-state index >= 15 is 0 Å². The van der Waals surface area contributed by atoms with Gasteiger partial charge in [-0.2, -0.15) is 0 Å². The van der Waals surface area contributed by atoms with E-state index in [1.807, 2.05) is 0 Å². The molecule has 0 aromatic heterocycles. The summed E-state index contributed by atoms with van der Waals surface area (Å²) in [5.41, 5.74) is 0. The first kappa shape index (κ1) is 7.24. The number of hydrogen-bond acceptors (Lipinski definition) is 2. The van der Waals surface area contributed by atoms with E-state index in [9.17, 15) is 13.6 Å². The molecule has 0 heterocycles. The molecule has 0 aliphatic heterocycles. The molecular formula is C5H6F2O3. The summed E-state index contributed by atoms with van der Waals surface area (Å²) < 4.78 is 28.0. The van der Waals surface area contributed by atoms with E-state index in [2.05, 4.69) is 4.74 Å². The van der Waals surface area contributed by atoms with Gasteiger partial charge in [0.25, 0.3) is 5.92 Å². The Morgan fingerprint density at radius 1 is 1.60 bits per heavy atom. The van der Waals surface area contributed by atoms with Crippen LogP contribution in [0.3, 0.4) is 0 Å². The van der Waals surface area contributed by atoms with Crippen LogP contribution < -0.4 is 0 Å². The fraction of sp³-hybridized carbons (Fsp3) is 0.800. The maximum Gasteiger partial charge on any atom is 0.506 e. The van der Waals surface area contributed by atoms with Crippen LogP contribution in [0.5, 0.6) is 0 Å². The highest BCUT2D eigenvalue weighted by Gasteiger charge is 2.47. The van der Waals surface area contributed by atoms with Gasteiger partial charge in [-0.15, -0.1) is 0 Å². The van der Waals surface area contributed by atoms with Crippen LogP contribution in [-0.2, 0) is 4.74 Å². The molecule has 3 nitrogen and oxygen atoms in total. The lowest BCUT2D eigenvalue weighted by Gasteiger charge is -2.32. The smallest absolute Gasteiger partial charge is 0.450 e. The molecule has 0 spiro atoms. The minimum atomic E-state index is -2.71. The van der Waals surface area contributed by atoms with Crippen LogP contribution >= 0.6 is 0 Å². The summed E-state index contributed by atoms with van der Waals surface area (Å²) >= 11 is 0. The van der Waals surface area contributed by atoms with E-state index < -0.39 is 31.0 Å². The molecule has 5 heteroatoms. The summed E-state index contributed by atoms with van der Waals surface area (Å²) in [5.74, 6) is -2.71.